The number of nitrogens with zero attached hydrogens (tertiary/aromatic N) is 3. The van der Waals surface area contributed by atoms with Gasteiger partial charge in [-0.05, 0) is 52.0 Å². The molecule has 1 aliphatic carbocycles. The molecule has 1 saturated heterocycles. The van der Waals surface area contributed by atoms with Gasteiger partial charge in [0, 0.05) is 24.0 Å². The van der Waals surface area contributed by atoms with E-state index in [1.807, 2.05) is 30.2 Å². The van der Waals surface area contributed by atoms with E-state index in [4.69, 9.17) is 4.98 Å². The summed E-state index contributed by atoms with van der Waals surface area (Å²) in [6.07, 6.45) is 6.54. The van der Waals surface area contributed by atoms with Crippen molar-refractivity contribution >= 4 is 39.2 Å². The number of aromatic nitrogens is 2. The molecule has 2 fully saturated rings. The highest BCUT2D eigenvalue weighted by atomic mass is 32.2. The van der Waals surface area contributed by atoms with Crippen LogP contribution in [0.2, 0.25) is 0 Å². The van der Waals surface area contributed by atoms with Crippen molar-refractivity contribution in [1.82, 2.24) is 14.5 Å². The first-order chi connectivity index (χ1) is 13.0. The molecule has 0 bridgehead atoms. The number of carbonyl (C=O) groups is 1. The van der Waals surface area contributed by atoms with Crippen LogP contribution < -0.4 is 5.56 Å². The summed E-state index contributed by atoms with van der Waals surface area (Å²) in [4.78, 5) is 35.0. The van der Waals surface area contributed by atoms with Crippen LogP contribution in [0.1, 0.15) is 61.9 Å². The first-order valence-electron chi connectivity index (χ1n) is 9.95. The van der Waals surface area contributed by atoms with Crippen LogP contribution in [-0.2, 0) is 4.79 Å². The smallest absolute Gasteiger partial charge is 0.263 e. The van der Waals surface area contributed by atoms with Gasteiger partial charge < -0.3 is 4.90 Å². The molecule has 146 valence electrons. The maximum absolute atomic E-state index is 13.4. The van der Waals surface area contributed by atoms with E-state index in [1.54, 1.807) is 11.3 Å². The minimum absolute atomic E-state index is 0.0806. The summed E-state index contributed by atoms with van der Waals surface area (Å²) in [5.74, 6) is 0.170. The molecule has 1 atom stereocenters. The number of fused-ring (bicyclic) bond motifs is 1. The average molecular weight is 406 g/mol. The molecule has 5 nitrogen and oxygen atoms in total. The molecule has 2 aromatic heterocycles. The molecule has 3 heterocycles. The number of thioether (sulfide) groups is 1. The fourth-order valence-corrected chi connectivity index (χ4v) is 6.39. The van der Waals surface area contributed by atoms with Crippen LogP contribution in [0.15, 0.2) is 9.95 Å². The second kappa shape index (κ2) is 7.59. The van der Waals surface area contributed by atoms with Crippen LogP contribution >= 0.6 is 23.1 Å². The van der Waals surface area contributed by atoms with Crippen LogP contribution in [0.4, 0.5) is 0 Å². The standard InChI is InChI=1S/C20H27N3O2S2/c1-12-13(2)26-17-16(12)19(25)23(15-8-4-5-9-15)20(21-17)27-14(3)18(24)22-10-6-7-11-22/h14-15H,4-11H2,1-3H3. The molecule has 4 rings (SSSR count). The second-order valence-electron chi connectivity index (χ2n) is 7.76. The molecule has 1 aliphatic heterocycles. The SMILES string of the molecule is Cc1sc2nc(SC(C)C(=O)N3CCCC3)n(C3CCCC3)c(=O)c2c1C. The third-order valence-corrected chi connectivity index (χ3v) is 8.10. The van der Waals surface area contributed by atoms with E-state index >= 15 is 0 Å². The van der Waals surface area contributed by atoms with Gasteiger partial charge in [0.1, 0.15) is 4.83 Å². The quantitative estimate of drug-likeness (QED) is 0.562. The summed E-state index contributed by atoms with van der Waals surface area (Å²) in [5.41, 5.74) is 1.13. The Morgan fingerprint density at radius 1 is 1.19 bits per heavy atom. The van der Waals surface area contributed by atoms with E-state index in [9.17, 15) is 9.59 Å². The maximum atomic E-state index is 13.4. The van der Waals surface area contributed by atoms with Crippen molar-refractivity contribution < 1.29 is 4.79 Å². The van der Waals surface area contributed by atoms with Gasteiger partial charge in [-0.2, -0.15) is 0 Å². The minimum atomic E-state index is -0.220. The molecule has 1 amide bonds. The van der Waals surface area contributed by atoms with Crippen molar-refractivity contribution in [2.24, 2.45) is 0 Å². The van der Waals surface area contributed by atoms with Crippen LogP contribution in [0.3, 0.4) is 0 Å². The summed E-state index contributed by atoms with van der Waals surface area (Å²) in [5, 5.41) is 1.27. The summed E-state index contributed by atoms with van der Waals surface area (Å²) in [7, 11) is 0. The predicted octanol–water partition coefficient (Wildman–Crippen LogP) is 4.29. The number of thiophene rings is 1. The highest BCUT2D eigenvalue weighted by Gasteiger charge is 2.29. The van der Waals surface area contributed by atoms with Crippen LogP contribution in [-0.4, -0.2) is 38.7 Å². The van der Waals surface area contributed by atoms with Crippen LogP contribution in [0.25, 0.3) is 10.2 Å². The average Bonchev–Trinajstić information content (AvgIpc) is 3.38. The van der Waals surface area contributed by atoms with Gasteiger partial charge in [-0.25, -0.2) is 4.98 Å². The lowest BCUT2D eigenvalue weighted by atomic mass is 10.2. The van der Waals surface area contributed by atoms with Crippen molar-refractivity contribution in [2.75, 3.05) is 13.1 Å². The van der Waals surface area contributed by atoms with E-state index in [0.717, 1.165) is 77.4 Å². The Morgan fingerprint density at radius 3 is 2.52 bits per heavy atom. The van der Waals surface area contributed by atoms with Crippen LogP contribution in [0.5, 0.6) is 0 Å². The van der Waals surface area contributed by atoms with Crippen molar-refractivity contribution in [3.05, 3.63) is 20.8 Å². The van der Waals surface area contributed by atoms with Gasteiger partial charge in [-0.15, -0.1) is 11.3 Å². The first kappa shape index (κ1) is 19.0. The topological polar surface area (TPSA) is 55.2 Å². The van der Waals surface area contributed by atoms with E-state index in [-0.39, 0.29) is 22.8 Å². The molecule has 0 radical (unpaired) electrons. The largest absolute Gasteiger partial charge is 0.342 e. The Kier molecular flexibility index (Phi) is 5.34. The normalized spacial score (nSPS) is 19.3. The van der Waals surface area contributed by atoms with Crippen LogP contribution in [0, 0.1) is 13.8 Å². The molecular weight excluding hydrogens is 378 g/mol. The highest BCUT2D eigenvalue weighted by Crippen LogP contribution is 2.36. The Balaban J connectivity index is 1.75. The summed E-state index contributed by atoms with van der Waals surface area (Å²) < 4.78 is 1.91. The van der Waals surface area contributed by atoms with Gasteiger partial charge in [0.15, 0.2) is 5.16 Å². The molecule has 1 saturated carbocycles. The monoisotopic (exact) mass is 405 g/mol. The molecule has 2 aromatic rings. The summed E-state index contributed by atoms with van der Waals surface area (Å²) in [6.45, 7) is 7.73. The van der Waals surface area contributed by atoms with Gasteiger partial charge >= 0.3 is 0 Å². The Labute approximate surface area is 168 Å². The number of carbonyl (C=O) groups excluding carboxylic acids is 1. The third kappa shape index (κ3) is 3.44. The Morgan fingerprint density at radius 2 is 1.85 bits per heavy atom. The molecule has 27 heavy (non-hydrogen) atoms. The fraction of sp³-hybridized carbons (Fsp3) is 0.650. The number of hydrogen-bond donors (Lipinski definition) is 0. The van der Waals surface area contributed by atoms with Gasteiger partial charge in [0.05, 0.1) is 10.6 Å². The lowest BCUT2D eigenvalue weighted by Gasteiger charge is -2.22. The van der Waals surface area contributed by atoms with Crippen molar-refractivity contribution in [3.63, 3.8) is 0 Å². The zero-order chi connectivity index (χ0) is 19.1. The Bertz CT molecular complexity index is 921. The second-order valence-corrected chi connectivity index (χ2v) is 10.3. The van der Waals surface area contributed by atoms with E-state index in [2.05, 4.69) is 0 Å². The maximum Gasteiger partial charge on any atom is 0.263 e. The molecule has 2 aliphatic rings. The number of hydrogen-bond acceptors (Lipinski definition) is 5. The summed E-state index contributed by atoms with van der Waals surface area (Å²) >= 11 is 3.05. The molecule has 0 N–H and O–H groups in total. The number of rotatable bonds is 4. The number of likely N-dealkylation sites (tertiary alicyclic amines) is 1. The number of amides is 1. The van der Waals surface area contributed by atoms with Crippen molar-refractivity contribution in [2.45, 2.75) is 75.7 Å². The van der Waals surface area contributed by atoms with Crippen molar-refractivity contribution in [1.29, 1.82) is 0 Å². The van der Waals surface area contributed by atoms with E-state index in [1.165, 1.54) is 11.8 Å². The molecule has 7 heteroatoms. The van der Waals surface area contributed by atoms with E-state index < -0.39 is 0 Å². The van der Waals surface area contributed by atoms with Gasteiger partial charge in [-0.1, -0.05) is 24.6 Å². The molecular formula is C20H27N3O2S2. The predicted molar refractivity (Wildman–Crippen MR) is 112 cm³/mol. The zero-order valence-electron chi connectivity index (χ0n) is 16.3. The van der Waals surface area contributed by atoms with Gasteiger partial charge in [0.25, 0.3) is 5.56 Å². The minimum Gasteiger partial charge on any atom is -0.342 e. The highest BCUT2D eigenvalue weighted by molar-refractivity contribution is 8.00. The lowest BCUT2D eigenvalue weighted by Crippen LogP contribution is -2.35. The van der Waals surface area contributed by atoms with Gasteiger partial charge in [0.2, 0.25) is 5.91 Å². The third-order valence-electron chi connectivity index (χ3n) is 5.94. The molecule has 1 unspecified atom stereocenters. The fourth-order valence-electron chi connectivity index (χ4n) is 4.26. The summed E-state index contributed by atoms with van der Waals surface area (Å²) in [6, 6.07) is 0.214. The Hall–Kier alpha value is -1.34. The van der Waals surface area contributed by atoms with Crippen molar-refractivity contribution in [3.8, 4) is 0 Å². The molecule has 0 spiro atoms. The number of aryl methyl sites for hydroxylation is 2. The lowest BCUT2D eigenvalue weighted by molar-refractivity contribution is -0.129. The van der Waals surface area contributed by atoms with E-state index in [0.29, 0.717) is 0 Å². The van der Waals surface area contributed by atoms with Gasteiger partial charge in [-0.3, -0.25) is 14.2 Å². The molecule has 0 aromatic carbocycles. The zero-order valence-corrected chi connectivity index (χ0v) is 17.9. The first-order valence-corrected chi connectivity index (χ1v) is 11.6.